The molecule has 0 bridgehead atoms. The van der Waals surface area contributed by atoms with Gasteiger partial charge in [0.15, 0.2) is 0 Å². The van der Waals surface area contributed by atoms with Crippen LogP contribution in [0.15, 0.2) is 88.2 Å². The molecule has 0 atom stereocenters. The first-order valence-electron chi connectivity index (χ1n) is 13.9. The third-order valence-corrected chi connectivity index (χ3v) is 26.4. The first kappa shape index (κ1) is 30.6. The molecule has 0 aliphatic heterocycles. The number of hydrogen-bond donors (Lipinski definition) is 0. The number of allylic oxidation sites excluding steroid dienone is 4. The number of fused-ring (bicyclic) bond motifs is 3. The van der Waals surface area contributed by atoms with Crippen molar-refractivity contribution in [2.45, 2.75) is 54.4 Å². The van der Waals surface area contributed by atoms with E-state index in [9.17, 15) is 0 Å². The maximum absolute atomic E-state index is 5.63. The van der Waals surface area contributed by atoms with Crippen LogP contribution >= 0.6 is 24.8 Å². The number of hydrogen-bond acceptors (Lipinski definition) is 0. The van der Waals surface area contributed by atoms with Crippen LogP contribution in [0, 0.1) is 41.5 Å². The molecule has 0 spiro atoms. The van der Waals surface area contributed by atoms with Crippen LogP contribution in [0.3, 0.4) is 0 Å². The first-order chi connectivity index (χ1) is 18.1. The molecule has 0 unspecified atom stereocenters. The number of halogens is 2. The summed E-state index contributed by atoms with van der Waals surface area (Å²) in [6.07, 6.45) is 8.98. The standard InChI is InChI=1S/C17H17.2C7H7.C5H5.CH2.2ClH.Zr/c1-10-5-14-9-15-6-11(2)13(4)8-17(15)16(14)7-12(10)3;2*1-7-5-3-2-4-6-7;1-2-4-5-3-1;;;;/h5,7-8H,9H2,1-4H3;2*3-6H,1H3;1-3H,4H2;1H2;2*1H;. The number of rotatable bonds is 4. The van der Waals surface area contributed by atoms with Crippen LogP contribution in [0.2, 0.25) is 0 Å². The molecule has 0 saturated heterocycles. The third-order valence-electron chi connectivity index (χ3n) is 9.74. The second-order valence-electron chi connectivity index (χ2n) is 12.0. The summed E-state index contributed by atoms with van der Waals surface area (Å²) in [7, 11) is 0. The summed E-state index contributed by atoms with van der Waals surface area (Å²) in [6, 6.07) is 26.2. The van der Waals surface area contributed by atoms with Gasteiger partial charge in [0.25, 0.3) is 0 Å². The van der Waals surface area contributed by atoms with Gasteiger partial charge in [0.2, 0.25) is 0 Å². The fraction of sp³-hybridized carbons (Fsp3) is 0.216. The fourth-order valence-corrected chi connectivity index (χ4v) is 23.8. The number of aryl methyl sites for hydroxylation is 5. The van der Waals surface area contributed by atoms with Gasteiger partial charge in [0, 0.05) is 0 Å². The summed E-state index contributed by atoms with van der Waals surface area (Å²) >= 11 is -4.65. The average Bonchev–Trinajstić information content (AvgIpc) is 3.55. The molecule has 0 nitrogen and oxygen atoms in total. The van der Waals surface area contributed by atoms with Crippen molar-refractivity contribution >= 4 is 38.8 Å². The summed E-state index contributed by atoms with van der Waals surface area (Å²) in [6.45, 7) is 13.6. The molecule has 6 rings (SSSR count). The Hall–Kier alpha value is -2.31. The summed E-state index contributed by atoms with van der Waals surface area (Å²) < 4.78 is 11.6. The van der Waals surface area contributed by atoms with Crippen molar-refractivity contribution < 1.29 is 18.3 Å². The first-order valence-corrected chi connectivity index (χ1v) is 20.6. The van der Waals surface area contributed by atoms with Crippen LogP contribution in [0.25, 0.3) is 11.1 Å². The Morgan fingerprint density at radius 3 is 1.70 bits per heavy atom. The monoisotopic (exact) mass is 644 g/mol. The van der Waals surface area contributed by atoms with Gasteiger partial charge in [-0.1, -0.05) is 0 Å². The Morgan fingerprint density at radius 2 is 1.18 bits per heavy atom. The zero-order valence-electron chi connectivity index (χ0n) is 24.5. The molecular formula is C37H40Cl2Zr. The predicted molar refractivity (Wildman–Crippen MR) is 178 cm³/mol. The Balaban J connectivity index is 0.00000185. The van der Waals surface area contributed by atoms with E-state index >= 15 is 0 Å². The van der Waals surface area contributed by atoms with Gasteiger partial charge in [-0.2, -0.15) is 0 Å². The van der Waals surface area contributed by atoms with Gasteiger partial charge < -0.3 is 0 Å². The molecular weight excluding hydrogens is 607 g/mol. The molecule has 0 amide bonds. The summed E-state index contributed by atoms with van der Waals surface area (Å²) in [5.74, 6) is 0. The second-order valence-corrected chi connectivity index (χ2v) is 24.8. The fourth-order valence-electron chi connectivity index (χ4n) is 7.29. The Morgan fingerprint density at radius 1 is 0.650 bits per heavy atom. The van der Waals surface area contributed by atoms with Crippen LogP contribution < -0.4 is 9.81 Å². The van der Waals surface area contributed by atoms with Crippen molar-refractivity contribution in [3.05, 3.63) is 133 Å². The van der Waals surface area contributed by atoms with Gasteiger partial charge in [-0.3, -0.25) is 0 Å². The molecule has 3 heteroatoms. The van der Waals surface area contributed by atoms with Crippen LogP contribution in [0.1, 0.15) is 50.9 Å². The van der Waals surface area contributed by atoms with Crippen molar-refractivity contribution in [3.8, 4) is 11.1 Å². The second kappa shape index (κ2) is 10.8. The Labute approximate surface area is 253 Å². The van der Waals surface area contributed by atoms with Gasteiger partial charge in [-0.15, -0.1) is 24.8 Å². The van der Waals surface area contributed by atoms with E-state index < -0.39 is 18.3 Å². The quantitative estimate of drug-likeness (QED) is 0.185. The molecule has 40 heavy (non-hydrogen) atoms. The van der Waals surface area contributed by atoms with E-state index in [1.807, 2.05) is 0 Å². The van der Waals surface area contributed by atoms with E-state index in [4.69, 9.17) is 4.21 Å². The molecule has 0 fully saturated rings. The molecule has 0 N–H and O–H groups in total. The molecule has 0 heterocycles. The Kier molecular flexibility index (Phi) is 8.30. The topological polar surface area (TPSA) is 0 Å². The van der Waals surface area contributed by atoms with E-state index in [0.29, 0.717) is 0 Å². The van der Waals surface area contributed by atoms with Crippen LogP contribution in [-0.4, -0.2) is 4.21 Å². The van der Waals surface area contributed by atoms with Crippen molar-refractivity contribution in [2.24, 2.45) is 0 Å². The van der Waals surface area contributed by atoms with Gasteiger partial charge in [0.1, 0.15) is 0 Å². The molecule has 4 aromatic rings. The minimum absolute atomic E-state index is 0. The minimum atomic E-state index is -4.65. The van der Waals surface area contributed by atoms with Crippen molar-refractivity contribution in [1.29, 1.82) is 0 Å². The van der Waals surface area contributed by atoms with Crippen molar-refractivity contribution in [2.75, 3.05) is 0 Å². The van der Waals surface area contributed by atoms with E-state index in [-0.39, 0.29) is 24.8 Å². The molecule has 0 aromatic heterocycles. The van der Waals surface area contributed by atoms with Gasteiger partial charge in [-0.05, 0) is 0 Å². The van der Waals surface area contributed by atoms with Gasteiger partial charge in [-0.25, -0.2) is 0 Å². The zero-order valence-corrected chi connectivity index (χ0v) is 28.6. The van der Waals surface area contributed by atoms with E-state index in [2.05, 4.69) is 127 Å². The third kappa shape index (κ3) is 4.24. The molecule has 4 aromatic carbocycles. The summed E-state index contributed by atoms with van der Waals surface area (Å²) in [5, 5.41) is 0. The average molecular weight is 647 g/mol. The zero-order chi connectivity index (χ0) is 26.8. The predicted octanol–water partition coefficient (Wildman–Crippen LogP) is 8.19. The van der Waals surface area contributed by atoms with Crippen molar-refractivity contribution in [1.82, 2.24) is 0 Å². The van der Waals surface area contributed by atoms with Crippen LogP contribution in [-0.2, 0) is 24.7 Å². The Bertz CT molecular complexity index is 1700. The van der Waals surface area contributed by atoms with Gasteiger partial charge in [0.05, 0.1) is 0 Å². The SMILES string of the molecule is Cl.Cl.[CH2]=[Zr]([C]1=CC=CC1)([c]1ccc(C)cc1)([c]1ccc(C)cc1)[c]1c(C)c(C)cc2c1Cc1cc(C)c(C)cc1-2. The molecule has 0 saturated carbocycles. The van der Waals surface area contributed by atoms with E-state index in [1.165, 1.54) is 62.2 Å². The normalized spacial score (nSPS) is 13.7. The molecule has 2 aliphatic rings. The van der Waals surface area contributed by atoms with Crippen LogP contribution in [0.5, 0.6) is 0 Å². The summed E-state index contributed by atoms with van der Waals surface area (Å²) in [5.41, 5.74) is 14.0. The van der Waals surface area contributed by atoms with Crippen molar-refractivity contribution in [3.63, 3.8) is 0 Å². The molecule has 0 radical (unpaired) electrons. The van der Waals surface area contributed by atoms with Crippen LogP contribution in [0.4, 0.5) is 0 Å². The molecule has 2 aliphatic carbocycles. The number of benzene rings is 4. The molecule has 206 valence electrons. The van der Waals surface area contributed by atoms with E-state index in [1.54, 1.807) is 6.55 Å². The summed E-state index contributed by atoms with van der Waals surface area (Å²) in [4.78, 5) is 0. The van der Waals surface area contributed by atoms with Gasteiger partial charge >= 0.3 is 231 Å². The van der Waals surface area contributed by atoms with E-state index in [0.717, 1.165) is 12.8 Å². The maximum atomic E-state index is 5.63.